The van der Waals surface area contributed by atoms with Crippen LogP contribution in [0.25, 0.3) is 0 Å². The predicted molar refractivity (Wildman–Crippen MR) is 83.8 cm³/mol. The third-order valence-electron chi connectivity index (χ3n) is 3.26. The molecule has 0 aliphatic rings. The quantitative estimate of drug-likeness (QED) is 0.784. The molecule has 0 unspecified atom stereocenters. The molecule has 0 radical (unpaired) electrons. The van der Waals surface area contributed by atoms with Gasteiger partial charge >= 0.3 is 0 Å². The summed E-state index contributed by atoms with van der Waals surface area (Å²) in [6.07, 6.45) is 5.52. The SMILES string of the molecule is CCCn1ccc(CNc2ccccc2COCC)c1. The Morgan fingerprint density at radius 3 is 2.80 bits per heavy atom. The molecular weight excluding hydrogens is 248 g/mol. The van der Waals surface area contributed by atoms with Crippen LogP contribution in [0.4, 0.5) is 5.69 Å². The predicted octanol–water partition coefficient (Wildman–Crippen LogP) is 4.05. The molecule has 1 aromatic heterocycles. The molecule has 2 aromatic rings. The maximum absolute atomic E-state index is 5.50. The van der Waals surface area contributed by atoms with Crippen LogP contribution in [0.3, 0.4) is 0 Å². The number of nitrogens with zero attached hydrogens (tertiary/aromatic N) is 1. The second kappa shape index (κ2) is 7.75. The monoisotopic (exact) mass is 272 g/mol. The Kier molecular flexibility index (Phi) is 5.69. The number of aromatic nitrogens is 1. The minimum absolute atomic E-state index is 0.663. The summed E-state index contributed by atoms with van der Waals surface area (Å²) in [7, 11) is 0. The molecule has 0 fully saturated rings. The summed E-state index contributed by atoms with van der Waals surface area (Å²) in [6.45, 7) is 7.56. The van der Waals surface area contributed by atoms with Gasteiger partial charge in [-0.05, 0) is 31.0 Å². The fourth-order valence-corrected chi connectivity index (χ4v) is 2.22. The van der Waals surface area contributed by atoms with Crippen molar-refractivity contribution in [2.75, 3.05) is 11.9 Å². The molecule has 0 saturated heterocycles. The lowest BCUT2D eigenvalue weighted by molar-refractivity contribution is 0.134. The van der Waals surface area contributed by atoms with Gasteiger partial charge < -0.3 is 14.6 Å². The number of nitrogens with one attached hydrogen (secondary N) is 1. The number of rotatable bonds is 8. The summed E-state index contributed by atoms with van der Waals surface area (Å²) in [5, 5.41) is 3.50. The van der Waals surface area contributed by atoms with E-state index >= 15 is 0 Å². The van der Waals surface area contributed by atoms with Gasteiger partial charge in [-0.2, -0.15) is 0 Å². The first-order chi connectivity index (χ1) is 9.83. The zero-order chi connectivity index (χ0) is 14.2. The number of aryl methyl sites for hydroxylation is 1. The third kappa shape index (κ3) is 4.14. The lowest BCUT2D eigenvalue weighted by Crippen LogP contribution is -2.03. The molecular formula is C17H24N2O. The summed E-state index contributed by atoms with van der Waals surface area (Å²) < 4.78 is 7.74. The number of benzene rings is 1. The first-order valence-electron chi connectivity index (χ1n) is 7.37. The van der Waals surface area contributed by atoms with E-state index in [1.165, 1.54) is 17.5 Å². The zero-order valence-electron chi connectivity index (χ0n) is 12.4. The normalized spacial score (nSPS) is 10.7. The summed E-state index contributed by atoms with van der Waals surface area (Å²) in [6, 6.07) is 10.5. The highest BCUT2D eigenvalue weighted by molar-refractivity contribution is 5.51. The Morgan fingerprint density at radius 1 is 1.15 bits per heavy atom. The van der Waals surface area contributed by atoms with Crippen molar-refractivity contribution in [3.05, 3.63) is 53.9 Å². The van der Waals surface area contributed by atoms with E-state index in [4.69, 9.17) is 4.74 Å². The van der Waals surface area contributed by atoms with E-state index in [0.29, 0.717) is 6.61 Å². The second-order valence-electron chi connectivity index (χ2n) is 4.91. The molecule has 0 amide bonds. The van der Waals surface area contributed by atoms with E-state index < -0.39 is 0 Å². The molecule has 3 heteroatoms. The fraction of sp³-hybridized carbons (Fsp3) is 0.412. The van der Waals surface area contributed by atoms with Gasteiger partial charge in [0.15, 0.2) is 0 Å². The summed E-state index contributed by atoms with van der Waals surface area (Å²) in [5.41, 5.74) is 3.68. The van der Waals surface area contributed by atoms with E-state index in [0.717, 1.165) is 25.4 Å². The topological polar surface area (TPSA) is 26.2 Å². The van der Waals surface area contributed by atoms with E-state index in [-0.39, 0.29) is 0 Å². The molecule has 1 aromatic carbocycles. The number of anilines is 1. The Labute approximate surface area is 121 Å². The molecule has 20 heavy (non-hydrogen) atoms. The molecule has 0 aliphatic heterocycles. The Bertz CT molecular complexity index is 519. The molecule has 0 saturated carbocycles. The molecule has 0 aliphatic carbocycles. The number of ether oxygens (including phenoxy) is 1. The van der Waals surface area contributed by atoms with Crippen LogP contribution >= 0.6 is 0 Å². The van der Waals surface area contributed by atoms with Crippen LogP contribution in [0.1, 0.15) is 31.4 Å². The van der Waals surface area contributed by atoms with Gasteiger partial charge in [0.2, 0.25) is 0 Å². The van der Waals surface area contributed by atoms with Gasteiger partial charge in [0.1, 0.15) is 0 Å². The third-order valence-corrected chi connectivity index (χ3v) is 3.26. The van der Waals surface area contributed by atoms with Gasteiger partial charge in [-0.3, -0.25) is 0 Å². The minimum atomic E-state index is 0.663. The van der Waals surface area contributed by atoms with E-state index in [2.05, 4.69) is 59.5 Å². The Hall–Kier alpha value is -1.74. The number of hydrogen-bond donors (Lipinski definition) is 1. The summed E-state index contributed by atoms with van der Waals surface area (Å²) in [5.74, 6) is 0. The van der Waals surface area contributed by atoms with Gasteiger partial charge in [-0.1, -0.05) is 25.1 Å². The number of hydrogen-bond acceptors (Lipinski definition) is 2. The summed E-state index contributed by atoms with van der Waals surface area (Å²) in [4.78, 5) is 0. The summed E-state index contributed by atoms with van der Waals surface area (Å²) >= 11 is 0. The second-order valence-corrected chi connectivity index (χ2v) is 4.91. The lowest BCUT2D eigenvalue weighted by Gasteiger charge is -2.11. The van der Waals surface area contributed by atoms with Crippen LogP contribution in [-0.2, 0) is 24.4 Å². The molecule has 108 valence electrons. The van der Waals surface area contributed by atoms with Gasteiger partial charge in [-0.15, -0.1) is 0 Å². The van der Waals surface area contributed by atoms with Gasteiger partial charge in [0.05, 0.1) is 6.61 Å². The highest BCUT2D eigenvalue weighted by atomic mass is 16.5. The van der Waals surface area contributed by atoms with Crippen molar-refractivity contribution < 1.29 is 4.74 Å². The smallest absolute Gasteiger partial charge is 0.0736 e. The van der Waals surface area contributed by atoms with Crippen molar-refractivity contribution in [1.82, 2.24) is 4.57 Å². The van der Waals surface area contributed by atoms with Crippen molar-refractivity contribution in [2.24, 2.45) is 0 Å². The van der Waals surface area contributed by atoms with Gasteiger partial charge in [-0.25, -0.2) is 0 Å². The van der Waals surface area contributed by atoms with Crippen molar-refractivity contribution in [2.45, 2.75) is 40.0 Å². The minimum Gasteiger partial charge on any atom is -0.381 e. The van der Waals surface area contributed by atoms with Crippen LogP contribution < -0.4 is 5.32 Å². The van der Waals surface area contributed by atoms with Crippen molar-refractivity contribution in [3.8, 4) is 0 Å². The molecule has 3 nitrogen and oxygen atoms in total. The van der Waals surface area contributed by atoms with Crippen LogP contribution in [0.15, 0.2) is 42.7 Å². The van der Waals surface area contributed by atoms with Crippen LogP contribution in [0.2, 0.25) is 0 Å². The zero-order valence-corrected chi connectivity index (χ0v) is 12.4. The van der Waals surface area contributed by atoms with E-state index in [1.807, 2.05) is 6.92 Å². The van der Waals surface area contributed by atoms with Gasteiger partial charge in [0, 0.05) is 43.3 Å². The molecule has 2 rings (SSSR count). The highest BCUT2D eigenvalue weighted by Crippen LogP contribution is 2.17. The largest absolute Gasteiger partial charge is 0.381 e. The first-order valence-corrected chi connectivity index (χ1v) is 7.37. The average molecular weight is 272 g/mol. The molecule has 0 spiro atoms. The lowest BCUT2D eigenvalue weighted by atomic mass is 10.2. The number of para-hydroxylation sites is 1. The van der Waals surface area contributed by atoms with Crippen LogP contribution in [-0.4, -0.2) is 11.2 Å². The van der Waals surface area contributed by atoms with Crippen LogP contribution in [0.5, 0.6) is 0 Å². The van der Waals surface area contributed by atoms with E-state index in [1.54, 1.807) is 0 Å². The highest BCUT2D eigenvalue weighted by Gasteiger charge is 2.02. The van der Waals surface area contributed by atoms with Gasteiger partial charge in [0.25, 0.3) is 0 Å². The Morgan fingerprint density at radius 2 is 2.00 bits per heavy atom. The standard InChI is InChI=1S/C17H24N2O/c1-3-10-19-11-9-15(13-19)12-18-17-8-6-5-7-16(17)14-20-4-2/h5-9,11,13,18H,3-4,10,12,14H2,1-2H3. The molecule has 1 N–H and O–H groups in total. The fourth-order valence-electron chi connectivity index (χ4n) is 2.22. The van der Waals surface area contributed by atoms with E-state index in [9.17, 15) is 0 Å². The maximum Gasteiger partial charge on any atom is 0.0736 e. The first kappa shape index (κ1) is 14.7. The molecule has 1 heterocycles. The van der Waals surface area contributed by atoms with Crippen molar-refractivity contribution >= 4 is 5.69 Å². The Balaban J connectivity index is 1.95. The van der Waals surface area contributed by atoms with Crippen molar-refractivity contribution in [1.29, 1.82) is 0 Å². The van der Waals surface area contributed by atoms with Crippen LogP contribution in [0, 0.1) is 0 Å². The average Bonchev–Trinajstić information content (AvgIpc) is 2.92. The maximum atomic E-state index is 5.50. The molecule has 0 atom stereocenters. The van der Waals surface area contributed by atoms with Crippen molar-refractivity contribution in [3.63, 3.8) is 0 Å². The molecule has 0 bridgehead atoms.